The minimum atomic E-state index is 0.771. The van der Waals surface area contributed by atoms with E-state index in [1.807, 2.05) is 47.0 Å². The lowest BCUT2D eigenvalue weighted by molar-refractivity contribution is 0.341. The predicted octanol–water partition coefficient (Wildman–Crippen LogP) is 9.86. The lowest BCUT2D eigenvalue weighted by atomic mass is 10.1. The third kappa shape index (κ3) is 10.6. The van der Waals surface area contributed by atoms with Gasteiger partial charge in [-0.15, -0.1) is 0 Å². The van der Waals surface area contributed by atoms with Crippen LogP contribution in [0.1, 0.15) is 11.1 Å². The van der Waals surface area contributed by atoms with Crippen LogP contribution in [0, 0.1) is 0 Å². The molecule has 1 aliphatic heterocycles. The van der Waals surface area contributed by atoms with Crippen molar-refractivity contribution in [3.63, 3.8) is 0 Å². The van der Waals surface area contributed by atoms with Gasteiger partial charge in [-0.05, 0) is 45.8 Å². The summed E-state index contributed by atoms with van der Waals surface area (Å²) in [5.41, 5.74) is 2.65. The summed E-state index contributed by atoms with van der Waals surface area (Å²) in [5.74, 6) is 15.7. The molecule has 0 aromatic heterocycles. The molecule has 0 amide bonds. The lowest BCUT2D eigenvalue weighted by Gasteiger charge is -2.14. The van der Waals surface area contributed by atoms with E-state index < -0.39 is 0 Å². The number of fused-ring (bicyclic) bond motifs is 4. The minimum absolute atomic E-state index is 0.771. The second-order valence-electron chi connectivity index (χ2n) is 9.87. The predicted molar refractivity (Wildman–Crippen MR) is 201 cm³/mol. The summed E-state index contributed by atoms with van der Waals surface area (Å²) in [4.78, 5) is 0. The fraction of sp³-hybridized carbons (Fsp3) is 0.412. The van der Waals surface area contributed by atoms with Gasteiger partial charge in [-0.1, -0.05) is 48.5 Å². The van der Waals surface area contributed by atoms with Gasteiger partial charge in [0.05, 0.1) is 13.2 Å². The van der Waals surface area contributed by atoms with E-state index in [1.165, 1.54) is 67.2 Å². The van der Waals surface area contributed by atoms with Crippen LogP contribution >= 0.6 is 70.6 Å². The highest BCUT2D eigenvalue weighted by Crippen LogP contribution is 2.31. The molecule has 4 aromatic carbocycles. The largest absolute Gasteiger partial charge is 0.492 e. The topological polar surface area (TPSA) is 18.5 Å². The van der Waals surface area contributed by atoms with Gasteiger partial charge in [-0.25, -0.2) is 0 Å². The van der Waals surface area contributed by atoms with Crippen molar-refractivity contribution in [2.45, 2.75) is 11.5 Å². The molecule has 2 nitrogen and oxygen atoms in total. The molecule has 224 valence electrons. The SMILES string of the molecule is c1ccc2cc3c(cc2c1)CSCCSCCSCc1cc2ccccc2cc1OCCSCCSCCSCCO3. The molecule has 0 saturated heterocycles. The first-order valence-electron chi connectivity index (χ1n) is 14.6. The molecule has 0 spiro atoms. The van der Waals surface area contributed by atoms with Crippen molar-refractivity contribution in [3.8, 4) is 11.5 Å². The van der Waals surface area contributed by atoms with E-state index in [0.29, 0.717) is 0 Å². The van der Waals surface area contributed by atoms with Gasteiger partial charge in [0, 0.05) is 80.2 Å². The third-order valence-electron chi connectivity index (χ3n) is 6.83. The first kappa shape index (κ1) is 32.5. The molecular weight excluding hydrogens is 633 g/mol. The summed E-state index contributed by atoms with van der Waals surface area (Å²) < 4.78 is 12.7. The van der Waals surface area contributed by atoms with Crippen molar-refractivity contribution in [3.05, 3.63) is 83.9 Å². The maximum absolute atomic E-state index is 6.34. The summed E-state index contributed by atoms with van der Waals surface area (Å²) >= 11 is 12.2. The first-order chi connectivity index (χ1) is 20.9. The van der Waals surface area contributed by atoms with Crippen LogP contribution in [-0.4, -0.2) is 70.7 Å². The molecule has 1 aliphatic rings. The fourth-order valence-corrected chi connectivity index (χ4v) is 10.9. The number of thioether (sulfide) groups is 6. The quantitative estimate of drug-likeness (QED) is 0.182. The molecule has 0 radical (unpaired) electrons. The molecule has 0 atom stereocenters. The zero-order valence-corrected chi connectivity index (χ0v) is 29.0. The smallest absolute Gasteiger partial charge is 0.124 e. The van der Waals surface area contributed by atoms with Crippen LogP contribution in [0.4, 0.5) is 0 Å². The number of hydrogen-bond donors (Lipinski definition) is 0. The van der Waals surface area contributed by atoms with Crippen LogP contribution in [0.2, 0.25) is 0 Å². The van der Waals surface area contributed by atoms with Gasteiger partial charge in [0.1, 0.15) is 11.5 Å². The van der Waals surface area contributed by atoms with Crippen molar-refractivity contribution in [2.24, 2.45) is 0 Å². The number of hydrogen-bond acceptors (Lipinski definition) is 8. The number of ether oxygens (including phenoxy) is 2. The summed E-state index contributed by atoms with van der Waals surface area (Å²) in [6, 6.07) is 26.4. The molecule has 4 aromatic rings. The Bertz CT molecular complexity index is 1280. The van der Waals surface area contributed by atoms with Crippen LogP contribution in [0.3, 0.4) is 0 Å². The van der Waals surface area contributed by atoms with Gasteiger partial charge in [0.25, 0.3) is 0 Å². The molecule has 0 fully saturated rings. The molecule has 0 bridgehead atoms. The van der Waals surface area contributed by atoms with Crippen molar-refractivity contribution in [1.29, 1.82) is 0 Å². The van der Waals surface area contributed by atoms with Gasteiger partial charge in [0.15, 0.2) is 0 Å². The highest BCUT2D eigenvalue weighted by atomic mass is 32.2. The Hall–Kier alpha value is -0.900. The average molecular weight is 673 g/mol. The van der Waals surface area contributed by atoms with Crippen molar-refractivity contribution in [2.75, 3.05) is 70.7 Å². The lowest BCUT2D eigenvalue weighted by Crippen LogP contribution is -2.04. The van der Waals surface area contributed by atoms with E-state index in [9.17, 15) is 0 Å². The fourth-order valence-electron chi connectivity index (χ4n) is 4.69. The Labute approximate surface area is 277 Å². The second-order valence-corrected chi connectivity index (χ2v) is 17.0. The molecular formula is C34H40O2S6. The van der Waals surface area contributed by atoms with Gasteiger partial charge in [0.2, 0.25) is 0 Å². The van der Waals surface area contributed by atoms with E-state index in [4.69, 9.17) is 9.47 Å². The molecule has 0 saturated carbocycles. The Morgan fingerprint density at radius 3 is 1.12 bits per heavy atom. The normalized spacial score (nSPS) is 17.9. The van der Waals surface area contributed by atoms with Gasteiger partial charge in [-0.3, -0.25) is 0 Å². The average Bonchev–Trinajstić information content (AvgIpc) is 3.02. The number of benzene rings is 4. The van der Waals surface area contributed by atoms with E-state index in [1.54, 1.807) is 0 Å². The highest BCUT2D eigenvalue weighted by Gasteiger charge is 2.09. The summed E-state index contributed by atoms with van der Waals surface area (Å²) in [5, 5.41) is 5.13. The summed E-state index contributed by atoms with van der Waals surface area (Å²) in [7, 11) is 0. The maximum atomic E-state index is 6.34. The first-order valence-corrected chi connectivity index (χ1v) is 21.5. The molecule has 1 heterocycles. The molecule has 0 unspecified atom stereocenters. The zero-order valence-electron chi connectivity index (χ0n) is 24.1. The molecule has 0 aliphatic carbocycles. The molecule has 42 heavy (non-hydrogen) atoms. The van der Waals surface area contributed by atoms with E-state index in [0.717, 1.165) is 59.2 Å². The zero-order chi connectivity index (χ0) is 28.7. The molecule has 0 N–H and O–H groups in total. The van der Waals surface area contributed by atoms with Crippen molar-refractivity contribution < 1.29 is 9.47 Å². The van der Waals surface area contributed by atoms with Crippen LogP contribution in [0.15, 0.2) is 72.8 Å². The highest BCUT2D eigenvalue weighted by molar-refractivity contribution is 8.04. The Kier molecular flexibility index (Phi) is 14.5. The van der Waals surface area contributed by atoms with Crippen LogP contribution in [0.25, 0.3) is 21.5 Å². The molecule has 5 rings (SSSR count). The third-order valence-corrected chi connectivity index (χ3v) is 13.7. The number of rotatable bonds is 0. The van der Waals surface area contributed by atoms with Gasteiger partial charge in [-0.2, -0.15) is 70.6 Å². The Morgan fingerprint density at radius 1 is 0.381 bits per heavy atom. The monoisotopic (exact) mass is 672 g/mol. The van der Waals surface area contributed by atoms with Crippen molar-refractivity contribution in [1.82, 2.24) is 0 Å². The van der Waals surface area contributed by atoms with E-state index >= 15 is 0 Å². The minimum Gasteiger partial charge on any atom is -0.492 e. The summed E-state index contributed by atoms with van der Waals surface area (Å²) in [6.07, 6.45) is 0. The van der Waals surface area contributed by atoms with Gasteiger partial charge >= 0.3 is 0 Å². The maximum Gasteiger partial charge on any atom is 0.124 e. The summed E-state index contributed by atoms with van der Waals surface area (Å²) in [6.45, 7) is 1.54. The van der Waals surface area contributed by atoms with Crippen molar-refractivity contribution >= 4 is 92.1 Å². The van der Waals surface area contributed by atoms with Crippen LogP contribution in [0.5, 0.6) is 11.5 Å². The van der Waals surface area contributed by atoms with Crippen LogP contribution < -0.4 is 9.47 Å². The Morgan fingerprint density at radius 2 is 0.714 bits per heavy atom. The van der Waals surface area contributed by atoms with Crippen LogP contribution in [-0.2, 0) is 11.5 Å². The molecule has 8 heteroatoms. The van der Waals surface area contributed by atoms with E-state index in [2.05, 4.69) is 96.3 Å². The standard InChI is InChI=1S/C34H40O2S6/c1-3-7-29-23-33-31(21-27(29)5-1)25-41-19-17-40-18-20-42-26-32-22-28-6-2-4-8-30(28)24-34(32)36-10-12-38-14-16-39-15-13-37-11-9-35-33/h1-8,21-24H,9-20,25-26H2. The van der Waals surface area contributed by atoms with Gasteiger partial charge < -0.3 is 9.47 Å². The Balaban J connectivity index is 1.16. The second kappa shape index (κ2) is 18.8. The van der Waals surface area contributed by atoms with E-state index in [-0.39, 0.29) is 0 Å².